The van der Waals surface area contributed by atoms with Gasteiger partial charge in [0.15, 0.2) is 5.82 Å². The fraction of sp³-hybridized carbons (Fsp3) is 0.370. The van der Waals surface area contributed by atoms with Crippen molar-refractivity contribution in [2.45, 2.75) is 32.2 Å². The third kappa shape index (κ3) is 6.62. The van der Waals surface area contributed by atoms with Gasteiger partial charge in [0.2, 0.25) is 0 Å². The van der Waals surface area contributed by atoms with Crippen LogP contribution in [0, 0.1) is 0 Å². The molecule has 2 N–H and O–H groups in total. The first kappa shape index (κ1) is 24.4. The second-order valence-corrected chi connectivity index (χ2v) is 8.44. The lowest BCUT2D eigenvalue weighted by atomic mass is 10.0. The highest BCUT2D eigenvalue weighted by Gasteiger charge is 2.18. The lowest BCUT2D eigenvalue weighted by Gasteiger charge is -2.20. The van der Waals surface area contributed by atoms with Crippen LogP contribution in [0.5, 0.6) is 0 Å². The van der Waals surface area contributed by atoms with Crippen LogP contribution in [0.1, 0.15) is 37.3 Å². The molecule has 0 bridgehead atoms. The molecule has 1 saturated heterocycles. The summed E-state index contributed by atoms with van der Waals surface area (Å²) in [5, 5.41) is 7.21. The molecule has 6 heteroatoms. The first-order chi connectivity index (χ1) is 16.0. The molecule has 1 aliphatic rings. The highest BCUT2D eigenvalue weighted by atomic mass is 15.1. The van der Waals surface area contributed by atoms with E-state index < -0.39 is 0 Å². The largest absolute Gasteiger partial charge is 0.383 e. The lowest BCUT2D eigenvalue weighted by molar-refractivity contribution is 0.566. The van der Waals surface area contributed by atoms with Crippen LogP contribution in [-0.4, -0.2) is 60.9 Å². The normalized spacial score (nSPS) is 17.6. The maximum atomic E-state index is 4.99. The maximum Gasteiger partial charge on any atom is 0.161 e. The third-order valence-electron chi connectivity index (χ3n) is 5.59. The minimum Gasteiger partial charge on any atom is -0.383 e. The minimum atomic E-state index is 0.319. The van der Waals surface area contributed by atoms with E-state index in [0.717, 1.165) is 53.3 Å². The van der Waals surface area contributed by atoms with Gasteiger partial charge >= 0.3 is 0 Å². The van der Waals surface area contributed by atoms with E-state index in [9.17, 15) is 0 Å². The first-order valence-electron chi connectivity index (χ1n) is 11.6. The number of aliphatic imine (C=N–C) groups is 1. The van der Waals surface area contributed by atoms with Crippen molar-refractivity contribution in [3.63, 3.8) is 0 Å². The topological polar surface area (TPSA) is 65.4 Å². The molecule has 0 aliphatic carbocycles. The highest BCUT2D eigenvalue weighted by Crippen LogP contribution is 2.25. The Morgan fingerprint density at radius 1 is 1.30 bits per heavy atom. The molecule has 0 radical (unpaired) electrons. The van der Waals surface area contributed by atoms with E-state index >= 15 is 0 Å². The summed E-state index contributed by atoms with van der Waals surface area (Å²) in [7, 11) is 5.82. The zero-order valence-electron chi connectivity index (χ0n) is 20.3. The van der Waals surface area contributed by atoms with E-state index in [1.807, 2.05) is 62.5 Å². The van der Waals surface area contributed by atoms with Crippen LogP contribution in [0.3, 0.4) is 0 Å². The number of rotatable bonds is 8. The molecule has 1 fully saturated rings. The van der Waals surface area contributed by atoms with Crippen LogP contribution in [-0.2, 0) is 0 Å². The molecule has 1 aliphatic heterocycles. The molecular weight excluding hydrogens is 408 g/mol. The Labute approximate surface area is 198 Å². The minimum absolute atomic E-state index is 0.319. The fourth-order valence-electron chi connectivity index (χ4n) is 3.96. The van der Waals surface area contributed by atoms with E-state index in [0.29, 0.717) is 11.9 Å². The molecule has 0 amide bonds. The Balaban J connectivity index is 2.03. The van der Waals surface area contributed by atoms with E-state index in [2.05, 4.69) is 40.5 Å². The summed E-state index contributed by atoms with van der Waals surface area (Å²) in [5.74, 6) is 1.51. The van der Waals surface area contributed by atoms with Crippen LogP contribution in [0.2, 0.25) is 0 Å². The standard InChI is InChI=1S/C27H36N6/c1-6-11-25(28-3)24-18-30-26(32-27(24)31-23-14-8-9-15-29-17-23)22-13-10-12-21(16-22)20(7-2)19-33(4)5/h6-7,10-13,16,18-19,23,29H,2,8-9,14-15,17H2,1,3-5H3,(H,30,31,32)/b11-6-,20-19+,28-25+. The Morgan fingerprint density at radius 3 is 2.88 bits per heavy atom. The molecule has 1 aromatic carbocycles. The van der Waals surface area contributed by atoms with Gasteiger partial charge < -0.3 is 15.5 Å². The Hall–Kier alpha value is -3.25. The van der Waals surface area contributed by atoms with Crippen LogP contribution in [0.25, 0.3) is 17.0 Å². The van der Waals surface area contributed by atoms with Crippen LogP contribution < -0.4 is 10.6 Å². The molecule has 0 saturated carbocycles. The van der Waals surface area contributed by atoms with E-state index in [-0.39, 0.29) is 0 Å². The van der Waals surface area contributed by atoms with Gasteiger partial charge in [0.25, 0.3) is 0 Å². The highest BCUT2D eigenvalue weighted by molar-refractivity contribution is 6.11. The number of nitrogens with one attached hydrogen (secondary N) is 2. The molecule has 6 nitrogen and oxygen atoms in total. The summed E-state index contributed by atoms with van der Waals surface area (Å²) in [4.78, 5) is 16.2. The van der Waals surface area contributed by atoms with Crippen LogP contribution >= 0.6 is 0 Å². The fourth-order valence-corrected chi connectivity index (χ4v) is 3.96. The summed E-state index contributed by atoms with van der Waals surface area (Å²) in [6.45, 7) is 7.96. The SMILES string of the molecule is C=C/C(=C\N(C)C)c1cccc(-c2ncc(C(/C=C\C)=N/C)c(NC3CCCCNC3)n2)c1. The first-order valence-corrected chi connectivity index (χ1v) is 11.6. The maximum absolute atomic E-state index is 4.99. The molecule has 2 aromatic rings. The van der Waals surface area contributed by atoms with E-state index in [4.69, 9.17) is 9.97 Å². The number of hydrogen-bond donors (Lipinski definition) is 2. The molecule has 33 heavy (non-hydrogen) atoms. The average Bonchev–Trinajstić information content (AvgIpc) is 3.10. The predicted molar refractivity (Wildman–Crippen MR) is 141 cm³/mol. The van der Waals surface area contributed by atoms with Gasteiger partial charge in [-0.05, 0) is 49.6 Å². The molecule has 1 aromatic heterocycles. The Morgan fingerprint density at radius 2 is 2.15 bits per heavy atom. The summed E-state index contributed by atoms with van der Waals surface area (Å²) < 4.78 is 0. The van der Waals surface area contributed by atoms with Crippen LogP contribution in [0.4, 0.5) is 5.82 Å². The van der Waals surface area contributed by atoms with Gasteiger partial charge in [0, 0.05) is 51.7 Å². The zero-order valence-corrected chi connectivity index (χ0v) is 20.3. The van der Waals surface area contributed by atoms with Crippen molar-refractivity contribution < 1.29 is 0 Å². The average molecular weight is 445 g/mol. The molecule has 1 unspecified atom stereocenters. The van der Waals surface area contributed by atoms with Gasteiger partial charge in [0.05, 0.1) is 11.3 Å². The van der Waals surface area contributed by atoms with Crippen molar-refractivity contribution in [2.75, 3.05) is 39.5 Å². The van der Waals surface area contributed by atoms with Crippen molar-refractivity contribution in [3.05, 3.63) is 72.6 Å². The van der Waals surface area contributed by atoms with Gasteiger partial charge in [-0.25, -0.2) is 9.97 Å². The molecular formula is C27H36N6. The quantitative estimate of drug-likeness (QED) is 0.453. The second-order valence-electron chi connectivity index (χ2n) is 8.44. The monoisotopic (exact) mass is 444 g/mol. The molecule has 174 valence electrons. The smallest absolute Gasteiger partial charge is 0.161 e. The third-order valence-corrected chi connectivity index (χ3v) is 5.59. The summed E-state index contributed by atoms with van der Waals surface area (Å²) in [6.07, 6.45) is 13.3. The number of aromatic nitrogens is 2. The van der Waals surface area contributed by atoms with Crippen molar-refractivity contribution in [3.8, 4) is 11.4 Å². The van der Waals surface area contributed by atoms with Gasteiger partial charge in [-0.15, -0.1) is 0 Å². The number of allylic oxidation sites excluding steroid dienone is 4. The van der Waals surface area contributed by atoms with Crippen molar-refractivity contribution in [1.29, 1.82) is 0 Å². The van der Waals surface area contributed by atoms with Gasteiger partial charge in [-0.3, -0.25) is 4.99 Å². The summed E-state index contributed by atoms with van der Waals surface area (Å²) in [6, 6.07) is 8.60. The Kier molecular flexibility index (Phi) is 8.95. The van der Waals surface area contributed by atoms with Crippen LogP contribution in [0.15, 0.2) is 66.5 Å². The molecule has 3 rings (SSSR count). The van der Waals surface area contributed by atoms with Gasteiger partial charge in [-0.2, -0.15) is 0 Å². The van der Waals surface area contributed by atoms with Crippen molar-refractivity contribution in [1.82, 2.24) is 20.2 Å². The number of nitrogens with zero attached hydrogens (tertiary/aromatic N) is 4. The molecule has 0 spiro atoms. The van der Waals surface area contributed by atoms with Gasteiger partial charge in [0.1, 0.15) is 5.82 Å². The van der Waals surface area contributed by atoms with Crippen molar-refractivity contribution in [2.24, 2.45) is 4.99 Å². The van der Waals surface area contributed by atoms with Crippen molar-refractivity contribution >= 4 is 17.1 Å². The zero-order chi connectivity index (χ0) is 23.6. The van der Waals surface area contributed by atoms with Gasteiger partial charge in [-0.1, -0.05) is 43.4 Å². The Bertz CT molecular complexity index is 1030. The predicted octanol–water partition coefficient (Wildman–Crippen LogP) is 4.78. The molecule has 1 atom stereocenters. The number of benzene rings is 1. The van der Waals surface area contributed by atoms with E-state index in [1.165, 1.54) is 12.8 Å². The number of anilines is 1. The number of hydrogen-bond acceptors (Lipinski definition) is 6. The second kappa shape index (κ2) is 12.1. The molecule has 2 heterocycles. The summed E-state index contributed by atoms with van der Waals surface area (Å²) in [5.41, 5.74) is 4.88. The van der Waals surface area contributed by atoms with E-state index in [1.54, 1.807) is 7.05 Å². The lowest BCUT2D eigenvalue weighted by Crippen LogP contribution is -2.32. The summed E-state index contributed by atoms with van der Waals surface area (Å²) >= 11 is 0.